The number of carbonyl (C=O) groups excluding carboxylic acids is 1. The van der Waals surface area contributed by atoms with Crippen LogP contribution >= 0.6 is 11.6 Å². The van der Waals surface area contributed by atoms with Crippen LogP contribution in [-0.4, -0.2) is 44.6 Å². The lowest BCUT2D eigenvalue weighted by atomic mass is 9.97. The predicted octanol–water partition coefficient (Wildman–Crippen LogP) is 6.52. The van der Waals surface area contributed by atoms with Gasteiger partial charge >= 0.3 is 0 Å². The van der Waals surface area contributed by atoms with Crippen molar-refractivity contribution < 1.29 is 26.4 Å². The Kier molecular flexibility index (Phi) is 6.71. The van der Waals surface area contributed by atoms with E-state index in [9.17, 15) is 17.6 Å². The normalized spacial score (nSPS) is 11.7. The number of carbonyl (C=O) groups is 1. The molecule has 12 heteroatoms. The van der Waals surface area contributed by atoms with Crippen LogP contribution in [0.3, 0.4) is 0 Å². The van der Waals surface area contributed by atoms with E-state index in [2.05, 4.69) is 15.3 Å². The molecular weight excluding hydrogens is 583 g/mol. The molecule has 42 heavy (non-hydrogen) atoms. The van der Waals surface area contributed by atoms with Crippen LogP contribution in [0.15, 0.2) is 81.8 Å². The number of halogens is 2. The van der Waals surface area contributed by atoms with Gasteiger partial charge in [-0.3, -0.25) is 9.10 Å². The Morgan fingerprint density at radius 2 is 1.71 bits per heavy atom. The number of benzene rings is 3. The van der Waals surface area contributed by atoms with Gasteiger partial charge in [0.05, 0.1) is 17.5 Å². The molecule has 0 aliphatic rings. The van der Waals surface area contributed by atoms with Crippen molar-refractivity contribution in [2.75, 3.05) is 24.7 Å². The largest absolute Gasteiger partial charge is 0.455 e. The highest BCUT2D eigenvalue weighted by atomic mass is 35.5. The highest BCUT2D eigenvalue weighted by molar-refractivity contribution is 7.92. The third-order valence-electron chi connectivity index (χ3n) is 6.82. The summed E-state index contributed by atoms with van der Waals surface area (Å²) in [5.41, 5.74) is 3.66. The lowest BCUT2D eigenvalue weighted by molar-refractivity contribution is 0.0964. The first kappa shape index (κ1) is 27.4. The number of fused-ring (bicyclic) bond motifs is 2. The molecule has 0 saturated carbocycles. The highest BCUT2D eigenvalue weighted by Crippen LogP contribution is 2.42. The number of rotatable bonds is 6. The summed E-state index contributed by atoms with van der Waals surface area (Å²) in [6, 6.07) is 17.4. The fourth-order valence-electron chi connectivity index (χ4n) is 4.72. The van der Waals surface area contributed by atoms with E-state index >= 15 is 0 Å². The van der Waals surface area contributed by atoms with Crippen LogP contribution in [0.4, 0.5) is 10.1 Å². The molecule has 9 nitrogen and oxygen atoms in total. The Morgan fingerprint density at radius 1 is 0.976 bits per heavy atom. The molecule has 3 aromatic heterocycles. The first-order valence-corrected chi connectivity index (χ1v) is 14.8. The third kappa shape index (κ3) is 4.86. The van der Waals surface area contributed by atoms with Gasteiger partial charge in [-0.1, -0.05) is 11.6 Å². The second kappa shape index (κ2) is 10.3. The van der Waals surface area contributed by atoms with Crippen LogP contribution in [0.2, 0.25) is 5.02 Å². The van der Waals surface area contributed by atoms with Gasteiger partial charge in [-0.2, -0.15) is 4.98 Å². The Balaban J connectivity index is 1.63. The maximum atomic E-state index is 13.7. The molecule has 0 aliphatic heterocycles. The van der Waals surface area contributed by atoms with E-state index in [1.807, 2.05) is 0 Å². The van der Waals surface area contributed by atoms with Crippen molar-refractivity contribution in [2.24, 2.45) is 0 Å². The van der Waals surface area contributed by atoms with Gasteiger partial charge in [-0.15, -0.1) is 0 Å². The SMILES string of the molecule is CNC(=O)c1c(-c2ccc(F)cc2)oc2cc(N(C)S(C)(=O)=O)c(-c3cc(Cl)cc(-c4nc5ncccc5o4)c3)cc12. The Morgan fingerprint density at radius 3 is 2.40 bits per heavy atom. The summed E-state index contributed by atoms with van der Waals surface area (Å²) in [5, 5.41) is 3.39. The molecule has 1 amide bonds. The predicted molar refractivity (Wildman–Crippen MR) is 159 cm³/mol. The van der Waals surface area contributed by atoms with Gasteiger partial charge in [0.25, 0.3) is 5.91 Å². The molecule has 212 valence electrons. The standard InChI is InChI=1S/C30H22ClFN4O5S/c1-33-29(37)26-22-14-21(17-11-18(13-19(31)12-17)30-35-28-24(41-30)5-4-10-34-28)23(36(2)42(3,38)39)15-25(22)40-27(26)16-6-8-20(32)9-7-16/h4-15H,1-3H3,(H,33,37). The lowest BCUT2D eigenvalue weighted by Gasteiger charge is -2.21. The van der Waals surface area contributed by atoms with Crippen LogP contribution in [-0.2, 0) is 10.0 Å². The molecule has 0 spiro atoms. The van der Waals surface area contributed by atoms with Gasteiger partial charge in [-0.05, 0) is 66.2 Å². The molecule has 0 bridgehead atoms. The zero-order chi connectivity index (χ0) is 29.8. The molecule has 3 aromatic carbocycles. The number of hydrogen-bond donors (Lipinski definition) is 1. The number of furan rings is 1. The number of oxazole rings is 1. The minimum atomic E-state index is -3.73. The fourth-order valence-corrected chi connectivity index (χ4v) is 5.46. The van der Waals surface area contributed by atoms with Crippen LogP contribution in [0.5, 0.6) is 0 Å². The number of nitrogens with zero attached hydrogens (tertiary/aromatic N) is 3. The van der Waals surface area contributed by atoms with Crippen LogP contribution in [0, 0.1) is 5.82 Å². The number of pyridine rings is 1. The van der Waals surface area contributed by atoms with E-state index in [1.165, 1.54) is 38.4 Å². The van der Waals surface area contributed by atoms with Crippen molar-refractivity contribution in [3.05, 3.63) is 89.3 Å². The molecule has 0 aliphatic carbocycles. The van der Waals surface area contributed by atoms with Crippen LogP contribution in [0.25, 0.3) is 56.1 Å². The summed E-state index contributed by atoms with van der Waals surface area (Å²) in [4.78, 5) is 21.8. The molecule has 3 heterocycles. The van der Waals surface area contributed by atoms with Gasteiger partial charge in [0.1, 0.15) is 17.2 Å². The number of hydrogen-bond acceptors (Lipinski definition) is 7. The van der Waals surface area contributed by atoms with E-state index < -0.39 is 21.7 Å². The maximum Gasteiger partial charge on any atom is 0.255 e. The van der Waals surface area contributed by atoms with Gasteiger partial charge < -0.3 is 14.2 Å². The Hall–Kier alpha value is -4.74. The molecule has 0 saturated heterocycles. The van der Waals surface area contributed by atoms with Gasteiger partial charge in [0.2, 0.25) is 15.9 Å². The van der Waals surface area contributed by atoms with E-state index in [-0.39, 0.29) is 28.5 Å². The molecule has 0 fully saturated rings. The monoisotopic (exact) mass is 604 g/mol. The highest BCUT2D eigenvalue weighted by Gasteiger charge is 2.26. The van der Waals surface area contributed by atoms with Crippen molar-refractivity contribution in [2.45, 2.75) is 0 Å². The Bertz CT molecular complexity index is 2090. The van der Waals surface area contributed by atoms with E-state index in [0.717, 1.165) is 10.6 Å². The first-order chi connectivity index (χ1) is 20.0. The lowest BCUT2D eigenvalue weighted by Crippen LogP contribution is -2.25. The second-order valence-electron chi connectivity index (χ2n) is 9.56. The number of sulfonamides is 1. The van der Waals surface area contributed by atoms with Crippen LogP contribution < -0.4 is 9.62 Å². The molecule has 0 unspecified atom stereocenters. The summed E-state index contributed by atoms with van der Waals surface area (Å²) in [6.07, 6.45) is 2.69. The average molecular weight is 605 g/mol. The zero-order valence-electron chi connectivity index (χ0n) is 22.5. The number of amides is 1. The van der Waals surface area contributed by atoms with E-state index in [1.54, 1.807) is 48.7 Å². The summed E-state index contributed by atoms with van der Waals surface area (Å²) in [7, 11) is -0.822. The van der Waals surface area contributed by atoms with Crippen molar-refractivity contribution in [3.8, 4) is 33.9 Å². The first-order valence-electron chi connectivity index (χ1n) is 12.6. The smallest absolute Gasteiger partial charge is 0.255 e. The molecule has 6 rings (SSSR count). The summed E-state index contributed by atoms with van der Waals surface area (Å²) >= 11 is 6.56. The van der Waals surface area contributed by atoms with Gasteiger partial charge in [0.15, 0.2) is 11.2 Å². The second-order valence-corrected chi connectivity index (χ2v) is 12.0. The molecule has 1 N–H and O–H groups in total. The zero-order valence-corrected chi connectivity index (χ0v) is 24.0. The minimum absolute atomic E-state index is 0.209. The number of nitrogens with one attached hydrogen (secondary N) is 1. The molecule has 6 aromatic rings. The summed E-state index contributed by atoms with van der Waals surface area (Å²) in [6.45, 7) is 0. The average Bonchev–Trinajstić information content (AvgIpc) is 3.57. The number of aromatic nitrogens is 2. The molecule has 0 radical (unpaired) electrons. The van der Waals surface area contributed by atoms with Crippen molar-refractivity contribution in [3.63, 3.8) is 0 Å². The van der Waals surface area contributed by atoms with Crippen molar-refractivity contribution >= 4 is 55.4 Å². The third-order valence-corrected chi connectivity index (χ3v) is 8.23. The molecule has 0 atom stereocenters. The summed E-state index contributed by atoms with van der Waals surface area (Å²) < 4.78 is 52.3. The maximum absolute atomic E-state index is 13.7. The minimum Gasteiger partial charge on any atom is -0.455 e. The topological polar surface area (TPSA) is 119 Å². The quantitative estimate of drug-likeness (QED) is 0.230. The molecular formula is C30H22ClFN4O5S. The van der Waals surface area contributed by atoms with Gasteiger partial charge in [0, 0.05) is 53.5 Å². The van der Waals surface area contributed by atoms with Crippen molar-refractivity contribution in [1.82, 2.24) is 15.3 Å². The summed E-state index contributed by atoms with van der Waals surface area (Å²) in [5.74, 6) is -0.393. The van der Waals surface area contributed by atoms with Crippen LogP contribution in [0.1, 0.15) is 10.4 Å². The van der Waals surface area contributed by atoms with Crippen molar-refractivity contribution in [1.29, 1.82) is 0 Å². The van der Waals surface area contributed by atoms with E-state index in [0.29, 0.717) is 43.9 Å². The number of anilines is 1. The Labute approximate surface area is 244 Å². The van der Waals surface area contributed by atoms with E-state index in [4.69, 9.17) is 20.4 Å². The fraction of sp³-hybridized carbons (Fsp3) is 0.100. The van der Waals surface area contributed by atoms with Gasteiger partial charge in [-0.25, -0.2) is 17.8 Å².